The van der Waals surface area contributed by atoms with Gasteiger partial charge in [0.15, 0.2) is 0 Å². The van der Waals surface area contributed by atoms with E-state index in [0.717, 1.165) is 6.54 Å². The molecule has 3 nitrogen and oxygen atoms in total. The predicted molar refractivity (Wildman–Crippen MR) is 77.7 cm³/mol. The summed E-state index contributed by atoms with van der Waals surface area (Å²) in [5.41, 5.74) is 0. The Balaban J connectivity index is 3.68. The molecule has 1 atom stereocenters. The van der Waals surface area contributed by atoms with E-state index in [9.17, 15) is 0 Å². The molecule has 0 bridgehead atoms. The molecule has 0 spiro atoms. The van der Waals surface area contributed by atoms with Crippen molar-refractivity contribution >= 4 is 0 Å². The summed E-state index contributed by atoms with van der Waals surface area (Å²) in [5.74, 6) is 0. The van der Waals surface area contributed by atoms with Gasteiger partial charge in [-0.25, -0.2) is 0 Å². The quantitative estimate of drug-likeness (QED) is 0.599. The van der Waals surface area contributed by atoms with Gasteiger partial charge in [0.2, 0.25) is 0 Å². The van der Waals surface area contributed by atoms with Crippen LogP contribution in [0.2, 0.25) is 0 Å². The van der Waals surface area contributed by atoms with Gasteiger partial charge in [0.05, 0.1) is 0 Å². The minimum atomic E-state index is 0.664. The number of likely N-dealkylation sites (N-methyl/N-ethyl adjacent to an activating group) is 1. The first-order valence-electron chi connectivity index (χ1n) is 7.20. The Morgan fingerprint density at radius 1 is 1.00 bits per heavy atom. The Hall–Kier alpha value is -0.120. The third kappa shape index (κ3) is 10.7. The maximum atomic E-state index is 3.47. The average molecular weight is 243 g/mol. The Kier molecular flexibility index (Phi) is 10.9. The molecular weight excluding hydrogens is 210 g/mol. The Morgan fingerprint density at radius 3 is 2.24 bits per heavy atom. The van der Waals surface area contributed by atoms with Crippen LogP contribution >= 0.6 is 0 Å². The van der Waals surface area contributed by atoms with Crippen molar-refractivity contribution in [2.45, 2.75) is 46.1 Å². The van der Waals surface area contributed by atoms with E-state index in [-0.39, 0.29) is 0 Å². The van der Waals surface area contributed by atoms with Crippen LogP contribution in [0.4, 0.5) is 0 Å². The minimum Gasteiger partial charge on any atom is -0.315 e. The average Bonchev–Trinajstić information content (AvgIpc) is 2.26. The van der Waals surface area contributed by atoms with Gasteiger partial charge in [0.25, 0.3) is 0 Å². The lowest BCUT2D eigenvalue weighted by molar-refractivity contribution is 0.234. The predicted octanol–water partition coefficient (Wildman–Crippen LogP) is 2.04. The largest absolute Gasteiger partial charge is 0.315 e. The van der Waals surface area contributed by atoms with Gasteiger partial charge < -0.3 is 15.1 Å². The molecule has 0 saturated carbocycles. The smallest absolute Gasteiger partial charge is 0.0109 e. The van der Waals surface area contributed by atoms with Gasteiger partial charge >= 0.3 is 0 Å². The van der Waals surface area contributed by atoms with E-state index in [1.54, 1.807) is 0 Å². The molecule has 1 N–H and O–H groups in total. The van der Waals surface area contributed by atoms with Crippen LogP contribution in [0.1, 0.15) is 40.0 Å². The monoisotopic (exact) mass is 243 g/mol. The van der Waals surface area contributed by atoms with E-state index >= 15 is 0 Å². The topological polar surface area (TPSA) is 18.5 Å². The molecule has 3 heteroatoms. The first-order chi connectivity index (χ1) is 8.10. The number of nitrogens with zero attached hydrogens (tertiary/aromatic N) is 2. The number of nitrogens with one attached hydrogen (secondary N) is 1. The summed E-state index contributed by atoms with van der Waals surface area (Å²) < 4.78 is 0. The van der Waals surface area contributed by atoms with Crippen molar-refractivity contribution in [1.29, 1.82) is 0 Å². The lowest BCUT2D eigenvalue weighted by Crippen LogP contribution is -2.34. The highest BCUT2D eigenvalue weighted by Gasteiger charge is 2.05. The summed E-state index contributed by atoms with van der Waals surface area (Å²) in [7, 11) is 4.30. The van der Waals surface area contributed by atoms with Crippen molar-refractivity contribution < 1.29 is 0 Å². The van der Waals surface area contributed by atoms with Crippen molar-refractivity contribution in [3.63, 3.8) is 0 Å². The standard InChI is InChI=1S/C14H33N3/c1-6-10-17(13-12-16(4)5)11-8-9-14(3)15-7-2/h14-15H,6-13H2,1-5H3. The van der Waals surface area contributed by atoms with E-state index in [4.69, 9.17) is 0 Å². The lowest BCUT2D eigenvalue weighted by Gasteiger charge is -2.24. The van der Waals surface area contributed by atoms with E-state index in [0.29, 0.717) is 6.04 Å². The zero-order chi connectivity index (χ0) is 13.1. The molecule has 0 aliphatic heterocycles. The molecule has 0 fully saturated rings. The molecular formula is C14H33N3. The third-order valence-electron chi connectivity index (χ3n) is 3.07. The maximum Gasteiger partial charge on any atom is 0.0109 e. The molecule has 0 rings (SSSR count). The SMILES string of the molecule is CCCN(CCCC(C)NCC)CCN(C)C. The molecule has 0 heterocycles. The minimum absolute atomic E-state index is 0.664. The van der Waals surface area contributed by atoms with E-state index in [1.807, 2.05) is 0 Å². The second kappa shape index (κ2) is 11.0. The van der Waals surface area contributed by atoms with Gasteiger partial charge in [-0.15, -0.1) is 0 Å². The molecule has 104 valence electrons. The van der Waals surface area contributed by atoms with Crippen molar-refractivity contribution in [3.05, 3.63) is 0 Å². The van der Waals surface area contributed by atoms with Crippen molar-refractivity contribution in [2.24, 2.45) is 0 Å². The molecule has 0 aromatic rings. The summed E-state index contributed by atoms with van der Waals surface area (Å²) in [4.78, 5) is 4.86. The van der Waals surface area contributed by atoms with E-state index in [2.05, 4.69) is 50.0 Å². The van der Waals surface area contributed by atoms with Crippen LogP contribution in [0, 0.1) is 0 Å². The maximum absolute atomic E-state index is 3.47. The molecule has 0 amide bonds. The zero-order valence-corrected chi connectivity index (χ0v) is 12.6. The first kappa shape index (κ1) is 16.9. The van der Waals surface area contributed by atoms with Crippen LogP contribution in [-0.4, -0.2) is 62.7 Å². The number of hydrogen-bond donors (Lipinski definition) is 1. The van der Waals surface area contributed by atoms with Gasteiger partial charge in [-0.3, -0.25) is 0 Å². The highest BCUT2D eigenvalue weighted by Crippen LogP contribution is 2.01. The summed E-state index contributed by atoms with van der Waals surface area (Å²) in [6.07, 6.45) is 3.85. The van der Waals surface area contributed by atoms with Gasteiger partial charge in [-0.2, -0.15) is 0 Å². The van der Waals surface area contributed by atoms with Crippen molar-refractivity contribution in [3.8, 4) is 0 Å². The Morgan fingerprint density at radius 2 is 1.71 bits per heavy atom. The fraction of sp³-hybridized carbons (Fsp3) is 1.00. The molecule has 17 heavy (non-hydrogen) atoms. The molecule has 1 unspecified atom stereocenters. The fourth-order valence-electron chi connectivity index (χ4n) is 2.06. The summed E-state index contributed by atoms with van der Waals surface area (Å²) in [5, 5.41) is 3.47. The van der Waals surface area contributed by atoms with Gasteiger partial charge in [-0.05, 0) is 59.9 Å². The number of rotatable bonds is 11. The highest BCUT2D eigenvalue weighted by molar-refractivity contribution is 4.63. The van der Waals surface area contributed by atoms with Crippen LogP contribution in [0.15, 0.2) is 0 Å². The Bertz CT molecular complexity index is 160. The van der Waals surface area contributed by atoms with Crippen molar-refractivity contribution in [1.82, 2.24) is 15.1 Å². The summed E-state index contributed by atoms with van der Waals surface area (Å²) in [6.45, 7) is 12.7. The molecule has 0 radical (unpaired) electrons. The summed E-state index contributed by atoms with van der Waals surface area (Å²) >= 11 is 0. The first-order valence-corrected chi connectivity index (χ1v) is 7.20. The van der Waals surface area contributed by atoms with Crippen LogP contribution < -0.4 is 5.32 Å². The van der Waals surface area contributed by atoms with Gasteiger partial charge in [-0.1, -0.05) is 13.8 Å². The van der Waals surface area contributed by atoms with Gasteiger partial charge in [0.1, 0.15) is 0 Å². The zero-order valence-electron chi connectivity index (χ0n) is 12.6. The number of hydrogen-bond acceptors (Lipinski definition) is 3. The lowest BCUT2D eigenvalue weighted by atomic mass is 10.1. The molecule has 0 aromatic carbocycles. The molecule has 0 saturated heterocycles. The fourth-order valence-corrected chi connectivity index (χ4v) is 2.06. The third-order valence-corrected chi connectivity index (χ3v) is 3.07. The second-order valence-electron chi connectivity index (χ2n) is 5.25. The summed E-state index contributed by atoms with van der Waals surface area (Å²) in [6, 6.07) is 0.664. The molecule has 0 aromatic heterocycles. The van der Waals surface area contributed by atoms with Gasteiger partial charge in [0, 0.05) is 19.1 Å². The normalized spacial score (nSPS) is 13.6. The molecule has 0 aliphatic rings. The molecule has 0 aliphatic carbocycles. The second-order valence-corrected chi connectivity index (χ2v) is 5.25. The van der Waals surface area contributed by atoms with Crippen LogP contribution in [0.25, 0.3) is 0 Å². The van der Waals surface area contributed by atoms with Crippen molar-refractivity contribution in [2.75, 3.05) is 46.8 Å². The van der Waals surface area contributed by atoms with Crippen LogP contribution in [-0.2, 0) is 0 Å². The van der Waals surface area contributed by atoms with E-state index in [1.165, 1.54) is 45.4 Å². The van der Waals surface area contributed by atoms with Crippen LogP contribution in [0.5, 0.6) is 0 Å². The highest BCUT2D eigenvalue weighted by atomic mass is 15.2. The van der Waals surface area contributed by atoms with E-state index < -0.39 is 0 Å². The van der Waals surface area contributed by atoms with Crippen LogP contribution in [0.3, 0.4) is 0 Å². The Labute approximate surface area is 109 Å².